The fourth-order valence-corrected chi connectivity index (χ4v) is 1.30. The number of hydrogen-bond donors (Lipinski definition) is 2. The molecule has 1 fully saturated rings. The maximum atomic E-state index is 5.69. The Morgan fingerprint density at radius 2 is 2.33 bits per heavy atom. The summed E-state index contributed by atoms with van der Waals surface area (Å²) in [6, 6.07) is 0.579. The zero-order valence-corrected chi connectivity index (χ0v) is 5.92. The summed E-state index contributed by atoms with van der Waals surface area (Å²) in [7, 11) is 1.70. The van der Waals surface area contributed by atoms with Gasteiger partial charge in [-0.3, -0.25) is 0 Å². The van der Waals surface area contributed by atoms with E-state index in [0.29, 0.717) is 6.04 Å². The van der Waals surface area contributed by atoms with Crippen LogP contribution in [0.15, 0.2) is 0 Å². The second-order valence-corrected chi connectivity index (χ2v) is 2.56. The number of rotatable bonds is 1. The van der Waals surface area contributed by atoms with Crippen LogP contribution in [0.25, 0.3) is 0 Å². The highest BCUT2D eigenvalue weighted by molar-refractivity contribution is 4.91. The molecule has 0 aromatic rings. The topological polar surface area (TPSA) is 47.3 Å². The second-order valence-electron chi connectivity index (χ2n) is 2.56. The summed E-state index contributed by atoms with van der Waals surface area (Å²) in [6.45, 7) is 2.96. The molecule has 1 aliphatic heterocycles. The number of ether oxygens (including phenoxy) is 1. The highest BCUT2D eigenvalue weighted by Crippen LogP contribution is 2.07. The summed E-state index contributed by atoms with van der Waals surface area (Å²) in [5, 5.41) is 3.22. The zero-order valence-electron chi connectivity index (χ0n) is 5.92. The first-order valence-electron chi connectivity index (χ1n) is 3.27. The molecule has 54 valence electrons. The minimum absolute atomic E-state index is 0.171. The van der Waals surface area contributed by atoms with Gasteiger partial charge in [0.2, 0.25) is 0 Å². The molecule has 1 rings (SSSR count). The van der Waals surface area contributed by atoms with E-state index in [1.54, 1.807) is 7.11 Å². The largest absolute Gasteiger partial charge is 0.378 e. The lowest BCUT2D eigenvalue weighted by Crippen LogP contribution is -2.37. The van der Waals surface area contributed by atoms with Crippen LogP contribution in [-0.2, 0) is 4.74 Å². The minimum atomic E-state index is 0.171. The van der Waals surface area contributed by atoms with E-state index in [2.05, 4.69) is 12.2 Å². The van der Waals surface area contributed by atoms with Crippen LogP contribution in [-0.4, -0.2) is 31.8 Å². The number of nitrogens with one attached hydrogen (secondary N) is 1. The van der Waals surface area contributed by atoms with Crippen LogP contribution in [0, 0.1) is 0 Å². The molecule has 0 aromatic carbocycles. The van der Waals surface area contributed by atoms with E-state index in [4.69, 9.17) is 10.5 Å². The van der Waals surface area contributed by atoms with Gasteiger partial charge in [-0.25, -0.2) is 0 Å². The van der Waals surface area contributed by atoms with Crippen molar-refractivity contribution in [1.82, 2.24) is 5.32 Å². The van der Waals surface area contributed by atoms with Gasteiger partial charge in [-0.2, -0.15) is 0 Å². The van der Waals surface area contributed by atoms with Crippen molar-refractivity contribution < 1.29 is 4.74 Å². The van der Waals surface area contributed by atoms with Crippen molar-refractivity contribution in [1.29, 1.82) is 0 Å². The lowest BCUT2D eigenvalue weighted by molar-refractivity contribution is 0.0852. The lowest BCUT2D eigenvalue weighted by atomic mass is 10.1. The lowest BCUT2D eigenvalue weighted by Gasteiger charge is -2.15. The summed E-state index contributed by atoms with van der Waals surface area (Å²) in [4.78, 5) is 0. The normalized spacial score (nSPS) is 43.7. The van der Waals surface area contributed by atoms with Crippen molar-refractivity contribution in [2.45, 2.75) is 25.1 Å². The zero-order chi connectivity index (χ0) is 6.85. The molecule has 0 aliphatic carbocycles. The average molecular weight is 130 g/mol. The van der Waals surface area contributed by atoms with Crippen molar-refractivity contribution in [3.8, 4) is 0 Å². The Bertz CT molecular complexity index is 87.1. The number of hydrogen-bond acceptors (Lipinski definition) is 3. The quantitative estimate of drug-likeness (QED) is 0.494. The third-order valence-electron chi connectivity index (χ3n) is 1.86. The van der Waals surface area contributed by atoms with E-state index in [0.717, 1.165) is 6.54 Å². The molecule has 0 amide bonds. The molecule has 3 heteroatoms. The first-order valence-corrected chi connectivity index (χ1v) is 3.27. The summed E-state index contributed by atoms with van der Waals surface area (Å²) in [6.07, 6.45) is 0.199. The summed E-state index contributed by atoms with van der Waals surface area (Å²) >= 11 is 0. The van der Waals surface area contributed by atoms with Crippen LogP contribution < -0.4 is 11.1 Å². The fourth-order valence-electron chi connectivity index (χ4n) is 1.30. The Kier molecular flexibility index (Phi) is 2.05. The average Bonchev–Trinajstić information content (AvgIpc) is 2.12. The Balaban J connectivity index is 2.44. The molecule has 3 N–H and O–H groups in total. The maximum Gasteiger partial charge on any atom is 0.0884 e. The van der Waals surface area contributed by atoms with Gasteiger partial charge in [0.05, 0.1) is 6.10 Å². The van der Waals surface area contributed by atoms with Crippen LogP contribution in [0.1, 0.15) is 6.92 Å². The van der Waals surface area contributed by atoms with Crippen LogP contribution >= 0.6 is 0 Å². The summed E-state index contributed by atoms with van der Waals surface area (Å²) in [5.74, 6) is 0. The van der Waals surface area contributed by atoms with E-state index >= 15 is 0 Å². The van der Waals surface area contributed by atoms with E-state index < -0.39 is 0 Å². The molecule has 0 spiro atoms. The van der Waals surface area contributed by atoms with E-state index in [1.807, 2.05) is 0 Å². The molecule has 3 atom stereocenters. The van der Waals surface area contributed by atoms with Gasteiger partial charge in [-0.1, -0.05) is 0 Å². The smallest absolute Gasteiger partial charge is 0.0884 e. The van der Waals surface area contributed by atoms with Gasteiger partial charge in [-0.15, -0.1) is 0 Å². The third-order valence-corrected chi connectivity index (χ3v) is 1.86. The molecule has 9 heavy (non-hydrogen) atoms. The minimum Gasteiger partial charge on any atom is -0.378 e. The van der Waals surface area contributed by atoms with Crippen molar-refractivity contribution in [2.75, 3.05) is 13.7 Å². The molecule has 1 saturated heterocycles. The molecule has 1 heterocycles. The van der Waals surface area contributed by atoms with Crippen molar-refractivity contribution in [3.63, 3.8) is 0 Å². The van der Waals surface area contributed by atoms with Crippen molar-refractivity contribution in [3.05, 3.63) is 0 Å². The molecular weight excluding hydrogens is 116 g/mol. The van der Waals surface area contributed by atoms with Crippen LogP contribution in [0.2, 0.25) is 0 Å². The fraction of sp³-hybridized carbons (Fsp3) is 1.00. The van der Waals surface area contributed by atoms with Gasteiger partial charge in [0.15, 0.2) is 0 Å². The van der Waals surface area contributed by atoms with Gasteiger partial charge < -0.3 is 15.8 Å². The Morgan fingerprint density at radius 3 is 2.56 bits per heavy atom. The van der Waals surface area contributed by atoms with Crippen LogP contribution in [0.3, 0.4) is 0 Å². The molecule has 0 unspecified atom stereocenters. The van der Waals surface area contributed by atoms with E-state index in [-0.39, 0.29) is 12.1 Å². The van der Waals surface area contributed by atoms with Gasteiger partial charge in [0.25, 0.3) is 0 Å². The molecular formula is C6H14N2O. The maximum absolute atomic E-state index is 5.69. The summed E-state index contributed by atoms with van der Waals surface area (Å²) in [5.41, 5.74) is 5.69. The van der Waals surface area contributed by atoms with E-state index in [1.165, 1.54) is 0 Å². The molecule has 0 saturated carbocycles. The van der Waals surface area contributed by atoms with Crippen LogP contribution in [0.4, 0.5) is 0 Å². The second kappa shape index (κ2) is 2.64. The van der Waals surface area contributed by atoms with Gasteiger partial charge >= 0.3 is 0 Å². The molecule has 3 nitrogen and oxygen atoms in total. The molecule has 0 bridgehead atoms. The van der Waals surface area contributed by atoms with Gasteiger partial charge in [-0.05, 0) is 6.92 Å². The third kappa shape index (κ3) is 1.23. The predicted octanol–water partition coefficient (Wildman–Crippen LogP) is -0.680. The molecule has 0 radical (unpaired) electrons. The SMILES string of the molecule is CO[C@H]1[C@H](C)NC[C@@H]1N. The number of nitrogens with two attached hydrogens (primary N) is 1. The number of methoxy groups -OCH3 is 1. The highest BCUT2D eigenvalue weighted by Gasteiger charge is 2.29. The highest BCUT2D eigenvalue weighted by atomic mass is 16.5. The summed E-state index contributed by atoms with van der Waals surface area (Å²) < 4.78 is 5.15. The standard InChI is InChI=1S/C6H14N2O/c1-4-6(9-2)5(7)3-8-4/h4-6,8H,3,7H2,1-2H3/t4-,5-,6-/m0/s1. The van der Waals surface area contributed by atoms with Crippen LogP contribution in [0.5, 0.6) is 0 Å². The Morgan fingerprint density at radius 1 is 1.67 bits per heavy atom. The Hall–Kier alpha value is -0.120. The van der Waals surface area contributed by atoms with Gasteiger partial charge in [0.1, 0.15) is 0 Å². The monoisotopic (exact) mass is 130 g/mol. The first kappa shape index (κ1) is 6.99. The predicted molar refractivity (Wildman–Crippen MR) is 36.2 cm³/mol. The molecule has 0 aromatic heterocycles. The first-order chi connectivity index (χ1) is 4.25. The van der Waals surface area contributed by atoms with Crippen molar-refractivity contribution >= 4 is 0 Å². The molecule has 1 aliphatic rings. The van der Waals surface area contributed by atoms with Gasteiger partial charge in [0, 0.05) is 25.7 Å². The van der Waals surface area contributed by atoms with Crippen molar-refractivity contribution in [2.24, 2.45) is 5.73 Å². The van der Waals surface area contributed by atoms with E-state index in [9.17, 15) is 0 Å². The Labute approximate surface area is 55.6 Å².